The Kier molecular flexibility index (Phi) is 1.59. The van der Waals surface area contributed by atoms with E-state index in [1.165, 1.54) is 0 Å². The molecule has 0 aliphatic heterocycles. The van der Waals surface area contributed by atoms with Crippen LogP contribution >= 0.6 is 0 Å². The second kappa shape index (κ2) is 2.43. The standard InChI is InChI=1S/C6H7N2/c7-4-6-2-1-3-8-5-6/h1-2,5H,4,7H2. The maximum Gasteiger partial charge on any atom is 0.0886 e. The average Bonchev–Trinajstić information content (AvgIpc) is 1.90. The summed E-state index contributed by atoms with van der Waals surface area (Å²) in [6, 6.07) is 3.65. The highest BCUT2D eigenvalue weighted by Crippen LogP contribution is 1.90. The molecule has 0 saturated heterocycles. The lowest BCUT2D eigenvalue weighted by molar-refractivity contribution is 1.05. The fraction of sp³-hybridized carbons (Fsp3) is 0.167. The Morgan fingerprint density at radius 3 is 3.00 bits per heavy atom. The number of hydrogen-bond acceptors (Lipinski definition) is 2. The SMILES string of the molecule is NCc1cc[c]nc1. The van der Waals surface area contributed by atoms with Crippen molar-refractivity contribution >= 4 is 0 Å². The van der Waals surface area contributed by atoms with E-state index < -0.39 is 0 Å². The smallest absolute Gasteiger partial charge is 0.0886 e. The summed E-state index contributed by atoms with van der Waals surface area (Å²) in [4.78, 5) is 3.75. The van der Waals surface area contributed by atoms with Gasteiger partial charge in [0.2, 0.25) is 0 Å². The Bertz CT molecular complexity index is 148. The number of aromatic nitrogens is 1. The van der Waals surface area contributed by atoms with Crippen LogP contribution in [0.3, 0.4) is 0 Å². The van der Waals surface area contributed by atoms with Gasteiger partial charge in [0.15, 0.2) is 0 Å². The van der Waals surface area contributed by atoms with Crippen LogP contribution in [-0.2, 0) is 6.54 Å². The molecule has 2 heteroatoms. The van der Waals surface area contributed by atoms with Gasteiger partial charge in [0, 0.05) is 12.7 Å². The van der Waals surface area contributed by atoms with Gasteiger partial charge in [-0.25, -0.2) is 0 Å². The van der Waals surface area contributed by atoms with Crippen LogP contribution in [0, 0.1) is 6.20 Å². The van der Waals surface area contributed by atoms with Crippen molar-refractivity contribution in [1.29, 1.82) is 0 Å². The van der Waals surface area contributed by atoms with Crippen LogP contribution in [-0.4, -0.2) is 4.98 Å². The van der Waals surface area contributed by atoms with E-state index in [0.717, 1.165) is 5.56 Å². The summed E-state index contributed by atoms with van der Waals surface area (Å²) in [5.74, 6) is 0. The number of hydrogen-bond donors (Lipinski definition) is 1. The predicted molar refractivity (Wildman–Crippen MR) is 31.0 cm³/mol. The van der Waals surface area contributed by atoms with Crippen molar-refractivity contribution in [1.82, 2.24) is 4.98 Å². The van der Waals surface area contributed by atoms with E-state index in [9.17, 15) is 0 Å². The van der Waals surface area contributed by atoms with Crippen LogP contribution in [0.25, 0.3) is 0 Å². The van der Waals surface area contributed by atoms with Crippen molar-refractivity contribution < 1.29 is 0 Å². The highest BCUT2D eigenvalue weighted by Gasteiger charge is 1.81. The summed E-state index contributed by atoms with van der Waals surface area (Å²) in [5, 5.41) is 0. The van der Waals surface area contributed by atoms with Gasteiger partial charge in [-0.1, -0.05) is 6.07 Å². The van der Waals surface area contributed by atoms with Gasteiger partial charge >= 0.3 is 0 Å². The third-order valence-electron chi connectivity index (χ3n) is 0.913. The monoisotopic (exact) mass is 107 g/mol. The lowest BCUT2D eigenvalue weighted by Gasteiger charge is -1.88. The Balaban J connectivity index is 2.83. The Labute approximate surface area is 48.4 Å². The van der Waals surface area contributed by atoms with Gasteiger partial charge < -0.3 is 5.73 Å². The lowest BCUT2D eigenvalue weighted by atomic mass is 10.3. The van der Waals surface area contributed by atoms with Gasteiger partial charge in [-0.3, -0.25) is 4.98 Å². The molecule has 41 valence electrons. The van der Waals surface area contributed by atoms with E-state index in [4.69, 9.17) is 5.73 Å². The van der Waals surface area contributed by atoms with Gasteiger partial charge in [0.1, 0.15) is 0 Å². The van der Waals surface area contributed by atoms with Crippen molar-refractivity contribution in [2.75, 3.05) is 0 Å². The molecule has 2 nitrogen and oxygen atoms in total. The van der Waals surface area contributed by atoms with E-state index in [-0.39, 0.29) is 0 Å². The van der Waals surface area contributed by atoms with E-state index in [0.29, 0.717) is 6.54 Å². The normalized spacial score (nSPS) is 9.12. The first kappa shape index (κ1) is 5.25. The molecule has 2 N–H and O–H groups in total. The van der Waals surface area contributed by atoms with Crippen LogP contribution in [0.15, 0.2) is 18.3 Å². The van der Waals surface area contributed by atoms with Crippen molar-refractivity contribution in [3.63, 3.8) is 0 Å². The number of nitrogens with two attached hydrogens (primary N) is 1. The van der Waals surface area contributed by atoms with Gasteiger partial charge in [-0.15, -0.1) is 0 Å². The summed E-state index contributed by atoms with van der Waals surface area (Å²) in [6.45, 7) is 0.557. The summed E-state index contributed by atoms with van der Waals surface area (Å²) < 4.78 is 0. The quantitative estimate of drug-likeness (QED) is 0.562. The number of nitrogens with zero attached hydrogens (tertiary/aromatic N) is 1. The van der Waals surface area contributed by atoms with E-state index in [1.54, 1.807) is 12.3 Å². The molecule has 0 spiro atoms. The molecule has 8 heavy (non-hydrogen) atoms. The van der Waals surface area contributed by atoms with Crippen molar-refractivity contribution in [2.24, 2.45) is 5.73 Å². The molecule has 0 unspecified atom stereocenters. The lowest BCUT2D eigenvalue weighted by Crippen LogP contribution is -1.95. The minimum Gasteiger partial charge on any atom is -0.326 e. The molecule has 0 amide bonds. The second-order valence-electron chi connectivity index (χ2n) is 1.50. The summed E-state index contributed by atoms with van der Waals surface area (Å²) in [6.07, 6.45) is 4.37. The fourth-order valence-electron chi connectivity index (χ4n) is 0.471. The molecule has 1 heterocycles. The second-order valence-corrected chi connectivity index (χ2v) is 1.50. The zero-order valence-electron chi connectivity index (χ0n) is 4.46. The van der Waals surface area contributed by atoms with Crippen LogP contribution in [0.2, 0.25) is 0 Å². The maximum absolute atomic E-state index is 5.30. The Morgan fingerprint density at radius 1 is 1.75 bits per heavy atom. The van der Waals surface area contributed by atoms with E-state index in [1.807, 2.05) is 6.07 Å². The molecule has 1 aromatic heterocycles. The van der Waals surface area contributed by atoms with Crippen molar-refractivity contribution in [3.05, 3.63) is 30.1 Å². The summed E-state index contributed by atoms with van der Waals surface area (Å²) in [7, 11) is 0. The molecule has 1 radical (unpaired) electrons. The van der Waals surface area contributed by atoms with Gasteiger partial charge in [-0.05, 0) is 11.6 Å². The largest absolute Gasteiger partial charge is 0.326 e. The van der Waals surface area contributed by atoms with Gasteiger partial charge in [0.05, 0.1) is 6.20 Å². The number of pyridine rings is 1. The minimum atomic E-state index is 0.557. The third kappa shape index (κ3) is 1.04. The first-order valence-electron chi connectivity index (χ1n) is 2.44. The van der Waals surface area contributed by atoms with Crippen molar-refractivity contribution in [3.8, 4) is 0 Å². The minimum absolute atomic E-state index is 0.557. The molecule has 0 atom stereocenters. The zero-order chi connectivity index (χ0) is 5.82. The fourth-order valence-corrected chi connectivity index (χ4v) is 0.471. The molecule has 0 aliphatic carbocycles. The summed E-state index contributed by atoms with van der Waals surface area (Å²) in [5.41, 5.74) is 6.34. The van der Waals surface area contributed by atoms with Crippen LogP contribution in [0.1, 0.15) is 5.56 Å². The average molecular weight is 107 g/mol. The van der Waals surface area contributed by atoms with Crippen molar-refractivity contribution in [2.45, 2.75) is 6.54 Å². The molecular formula is C6H7N2. The molecule has 0 saturated carbocycles. The Hall–Kier alpha value is -0.890. The molecule has 0 aliphatic rings. The first-order chi connectivity index (χ1) is 3.93. The molecule has 0 fully saturated rings. The molecule has 1 aromatic rings. The Morgan fingerprint density at radius 2 is 2.62 bits per heavy atom. The first-order valence-corrected chi connectivity index (χ1v) is 2.44. The predicted octanol–water partition coefficient (Wildman–Crippen LogP) is 0.340. The van der Waals surface area contributed by atoms with E-state index in [2.05, 4.69) is 11.2 Å². The molecule has 0 aromatic carbocycles. The molecule has 0 bridgehead atoms. The molecular weight excluding hydrogens is 100 g/mol. The van der Waals surface area contributed by atoms with Crippen LogP contribution in [0.5, 0.6) is 0 Å². The van der Waals surface area contributed by atoms with Crippen LogP contribution in [0.4, 0.5) is 0 Å². The highest BCUT2D eigenvalue weighted by molar-refractivity contribution is 5.06. The van der Waals surface area contributed by atoms with Gasteiger partial charge in [-0.2, -0.15) is 0 Å². The maximum atomic E-state index is 5.30. The number of rotatable bonds is 1. The van der Waals surface area contributed by atoms with Gasteiger partial charge in [0.25, 0.3) is 0 Å². The van der Waals surface area contributed by atoms with E-state index >= 15 is 0 Å². The molecule has 1 rings (SSSR count). The highest BCUT2D eigenvalue weighted by atomic mass is 14.6. The van der Waals surface area contributed by atoms with Crippen LogP contribution < -0.4 is 5.73 Å². The topological polar surface area (TPSA) is 38.9 Å². The zero-order valence-corrected chi connectivity index (χ0v) is 4.46. The third-order valence-corrected chi connectivity index (χ3v) is 0.913. The summed E-state index contributed by atoms with van der Waals surface area (Å²) >= 11 is 0.